The molecule has 1 atom stereocenters. The normalized spacial score (nSPS) is 12.9. The lowest BCUT2D eigenvalue weighted by Gasteiger charge is -2.07. The Morgan fingerprint density at radius 1 is 1.82 bits per heavy atom. The molecule has 0 aromatic carbocycles. The minimum atomic E-state index is -0.469. The van der Waals surface area contributed by atoms with Gasteiger partial charge in [0, 0.05) is 6.21 Å². The van der Waals surface area contributed by atoms with E-state index in [1.165, 1.54) is 12.3 Å². The molecule has 0 aromatic heterocycles. The molecule has 0 aliphatic carbocycles. The van der Waals surface area contributed by atoms with Gasteiger partial charge in [-0.3, -0.25) is 4.79 Å². The lowest BCUT2D eigenvalue weighted by atomic mass is 10.2. The molecule has 0 rings (SSSR count). The van der Waals surface area contributed by atoms with E-state index in [0.29, 0.717) is 6.42 Å². The lowest BCUT2D eigenvalue weighted by Crippen LogP contribution is -2.18. The number of hydrogen-bond donors (Lipinski definition) is 0. The largest absolute Gasteiger partial charge is 0.384 e. The van der Waals surface area contributed by atoms with E-state index in [4.69, 9.17) is 4.84 Å². The van der Waals surface area contributed by atoms with E-state index in [1.54, 1.807) is 6.92 Å². The highest BCUT2D eigenvalue weighted by atomic mass is 16.6. The van der Waals surface area contributed by atoms with E-state index in [-0.39, 0.29) is 5.78 Å². The van der Waals surface area contributed by atoms with Crippen LogP contribution in [0.15, 0.2) is 17.8 Å². The summed E-state index contributed by atoms with van der Waals surface area (Å²) in [5, 5.41) is 3.52. The average molecular weight is 155 g/mol. The molecular weight excluding hydrogens is 142 g/mol. The Morgan fingerprint density at radius 2 is 2.45 bits per heavy atom. The third-order valence-electron chi connectivity index (χ3n) is 1.18. The van der Waals surface area contributed by atoms with Gasteiger partial charge in [-0.25, -0.2) is 0 Å². The molecular formula is C8H13NO2. The molecule has 0 radical (unpaired) electrons. The molecule has 0 fully saturated rings. The van der Waals surface area contributed by atoms with E-state index in [9.17, 15) is 4.79 Å². The standard InChI is InChI=1S/C8H13NO2/c1-4-7(10)8(5-2)11-9-6-3/h4,6,8H,1,5H2,2-3H3/b9-6+. The van der Waals surface area contributed by atoms with Gasteiger partial charge in [0.15, 0.2) is 11.9 Å². The lowest BCUT2D eigenvalue weighted by molar-refractivity contribution is -0.125. The van der Waals surface area contributed by atoms with E-state index in [1.807, 2.05) is 6.92 Å². The maximum absolute atomic E-state index is 10.9. The van der Waals surface area contributed by atoms with Crippen molar-refractivity contribution in [3.8, 4) is 0 Å². The molecule has 0 amide bonds. The highest BCUT2D eigenvalue weighted by Gasteiger charge is 2.13. The Morgan fingerprint density at radius 3 is 2.82 bits per heavy atom. The molecule has 3 nitrogen and oxygen atoms in total. The Kier molecular flexibility index (Phi) is 5.07. The van der Waals surface area contributed by atoms with Crippen molar-refractivity contribution in [1.82, 2.24) is 0 Å². The van der Waals surface area contributed by atoms with Gasteiger partial charge >= 0.3 is 0 Å². The third kappa shape index (κ3) is 3.55. The summed E-state index contributed by atoms with van der Waals surface area (Å²) >= 11 is 0. The first-order valence-corrected chi connectivity index (χ1v) is 3.56. The molecule has 62 valence electrons. The molecule has 0 N–H and O–H groups in total. The molecule has 3 heteroatoms. The molecule has 0 spiro atoms. The zero-order valence-electron chi connectivity index (χ0n) is 6.91. The summed E-state index contributed by atoms with van der Waals surface area (Å²) in [6.45, 7) is 6.94. The highest BCUT2D eigenvalue weighted by molar-refractivity contribution is 5.92. The van der Waals surface area contributed by atoms with E-state index >= 15 is 0 Å². The predicted molar refractivity (Wildman–Crippen MR) is 44.5 cm³/mol. The van der Waals surface area contributed by atoms with Crippen LogP contribution >= 0.6 is 0 Å². The van der Waals surface area contributed by atoms with Crippen molar-refractivity contribution in [3.63, 3.8) is 0 Å². The summed E-state index contributed by atoms with van der Waals surface area (Å²) in [6, 6.07) is 0. The Hall–Kier alpha value is -1.12. The minimum Gasteiger partial charge on any atom is -0.384 e. The van der Waals surface area contributed by atoms with Crippen LogP contribution in [0.25, 0.3) is 0 Å². The van der Waals surface area contributed by atoms with Crippen LogP contribution in [-0.2, 0) is 9.63 Å². The topological polar surface area (TPSA) is 38.7 Å². The van der Waals surface area contributed by atoms with Gasteiger partial charge in [-0.05, 0) is 19.4 Å². The highest BCUT2D eigenvalue weighted by Crippen LogP contribution is 2.00. The van der Waals surface area contributed by atoms with Gasteiger partial charge in [-0.15, -0.1) is 0 Å². The minimum absolute atomic E-state index is 0.127. The van der Waals surface area contributed by atoms with Crippen LogP contribution in [-0.4, -0.2) is 18.1 Å². The van der Waals surface area contributed by atoms with E-state index in [0.717, 1.165) is 0 Å². The quantitative estimate of drug-likeness (QED) is 0.343. The molecule has 0 heterocycles. The van der Waals surface area contributed by atoms with Crippen LogP contribution in [0, 0.1) is 0 Å². The van der Waals surface area contributed by atoms with Crippen molar-refractivity contribution in [2.24, 2.45) is 5.16 Å². The van der Waals surface area contributed by atoms with Crippen molar-refractivity contribution < 1.29 is 9.63 Å². The summed E-state index contributed by atoms with van der Waals surface area (Å²) in [6.07, 6.45) is 2.89. The number of carbonyl (C=O) groups is 1. The zero-order valence-corrected chi connectivity index (χ0v) is 6.91. The van der Waals surface area contributed by atoms with Crippen LogP contribution in [0.1, 0.15) is 20.3 Å². The predicted octanol–water partition coefficient (Wildman–Crippen LogP) is 1.54. The van der Waals surface area contributed by atoms with Gasteiger partial charge in [0.2, 0.25) is 0 Å². The van der Waals surface area contributed by atoms with Gasteiger partial charge in [0.25, 0.3) is 0 Å². The summed E-state index contributed by atoms with van der Waals surface area (Å²) in [5.41, 5.74) is 0. The molecule has 11 heavy (non-hydrogen) atoms. The molecule has 1 unspecified atom stereocenters. The number of carbonyl (C=O) groups excluding carboxylic acids is 1. The second-order valence-corrected chi connectivity index (χ2v) is 1.97. The Balaban J connectivity index is 3.94. The second-order valence-electron chi connectivity index (χ2n) is 1.97. The van der Waals surface area contributed by atoms with Crippen molar-refractivity contribution in [2.75, 3.05) is 0 Å². The van der Waals surface area contributed by atoms with Crippen LogP contribution in [0.3, 0.4) is 0 Å². The number of hydrogen-bond acceptors (Lipinski definition) is 3. The number of rotatable bonds is 5. The van der Waals surface area contributed by atoms with Crippen molar-refractivity contribution >= 4 is 12.0 Å². The third-order valence-corrected chi connectivity index (χ3v) is 1.18. The zero-order chi connectivity index (χ0) is 8.69. The molecule has 0 aliphatic rings. The van der Waals surface area contributed by atoms with E-state index in [2.05, 4.69) is 11.7 Å². The first kappa shape index (κ1) is 9.88. The molecule has 0 bridgehead atoms. The Labute approximate surface area is 66.7 Å². The smallest absolute Gasteiger partial charge is 0.198 e. The molecule has 0 saturated carbocycles. The number of nitrogens with zero attached hydrogens (tertiary/aromatic N) is 1. The summed E-state index contributed by atoms with van der Waals surface area (Å²) in [4.78, 5) is 15.8. The first-order valence-electron chi connectivity index (χ1n) is 3.56. The summed E-state index contributed by atoms with van der Waals surface area (Å²) < 4.78 is 0. The monoisotopic (exact) mass is 155 g/mol. The number of ketones is 1. The summed E-state index contributed by atoms with van der Waals surface area (Å²) in [7, 11) is 0. The second kappa shape index (κ2) is 5.65. The maximum atomic E-state index is 10.9. The van der Waals surface area contributed by atoms with Gasteiger partial charge in [-0.1, -0.05) is 18.7 Å². The van der Waals surface area contributed by atoms with Gasteiger partial charge in [-0.2, -0.15) is 0 Å². The summed E-state index contributed by atoms with van der Waals surface area (Å²) in [5.74, 6) is -0.127. The van der Waals surface area contributed by atoms with Crippen molar-refractivity contribution in [3.05, 3.63) is 12.7 Å². The van der Waals surface area contributed by atoms with Crippen LogP contribution < -0.4 is 0 Å². The fourth-order valence-electron chi connectivity index (χ4n) is 0.593. The fourth-order valence-corrected chi connectivity index (χ4v) is 0.593. The molecule has 0 aliphatic heterocycles. The van der Waals surface area contributed by atoms with Gasteiger partial charge in [0.1, 0.15) is 0 Å². The SMILES string of the molecule is C=CC(=O)C(CC)O/N=C/C. The maximum Gasteiger partial charge on any atom is 0.198 e. The van der Waals surface area contributed by atoms with Crippen molar-refractivity contribution in [2.45, 2.75) is 26.4 Å². The van der Waals surface area contributed by atoms with Crippen LogP contribution in [0.4, 0.5) is 0 Å². The van der Waals surface area contributed by atoms with Gasteiger partial charge < -0.3 is 4.84 Å². The Bertz CT molecular complexity index is 163. The molecule has 0 aromatic rings. The molecule has 0 saturated heterocycles. The fraction of sp³-hybridized carbons (Fsp3) is 0.500. The number of oxime groups is 1. The van der Waals surface area contributed by atoms with E-state index < -0.39 is 6.10 Å². The average Bonchev–Trinajstić information content (AvgIpc) is 2.05. The first-order chi connectivity index (χ1) is 5.26. The van der Waals surface area contributed by atoms with Crippen LogP contribution in [0.2, 0.25) is 0 Å². The van der Waals surface area contributed by atoms with Crippen molar-refractivity contribution in [1.29, 1.82) is 0 Å². The van der Waals surface area contributed by atoms with Crippen LogP contribution in [0.5, 0.6) is 0 Å². The van der Waals surface area contributed by atoms with Gasteiger partial charge in [0.05, 0.1) is 0 Å².